The first-order valence-electron chi connectivity index (χ1n) is 44.5. The summed E-state index contributed by atoms with van der Waals surface area (Å²) in [5, 5.41) is 11.5. The summed E-state index contributed by atoms with van der Waals surface area (Å²) in [6.45, 7) is 22.8. The molecule has 12 aromatic rings. The van der Waals surface area contributed by atoms with E-state index < -0.39 is 101 Å². The lowest BCUT2D eigenvalue weighted by atomic mass is 10.1. The molecule has 0 radical (unpaired) electrons. The van der Waals surface area contributed by atoms with Crippen LogP contribution in [0, 0.1) is 5.82 Å². The van der Waals surface area contributed by atoms with Crippen LogP contribution in [0.25, 0.3) is 81.2 Å². The van der Waals surface area contributed by atoms with Crippen LogP contribution in [-0.2, 0) is 80.3 Å². The molecule has 0 atom stereocenters. The summed E-state index contributed by atoms with van der Waals surface area (Å²) in [5.74, 6) is -2.69. The number of thiazole rings is 3. The normalized spacial score (nSPS) is 13.8. The predicted octanol–water partition coefficient (Wildman–Crippen LogP) is 18.5. The van der Waals surface area contributed by atoms with Crippen LogP contribution < -0.4 is 50.3 Å². The van der Waals surface area contributed by atoms with Gasteiger partial charge in [0.1, 0.15) is 25.7 Å². The molecule has 3 aromatic heterocycles. The molecule has 0 aliphatic carbocycles. The number of halogens is 2. The van der Waals surface area contributed by atoms with Crippen LogP contribution in [0.15, 0.2) is 194 Å². The second-order valence-electron chi connectivity index (χ2n) is 30.9. The number of hydrogen-bond donors (Lipinski definition) is 3. The molecular weight excluding hydrogens is 2000 g/mol. The maximum Gasteiger partial charge on any atom is 0.265 e. The van der Waals surface area contributed by atoms with Gasteiger partial charge in [0.05, 0.1) is 134 Å². The average molecular weight is 2120 g/mol. The smallest absolute Gasteiger partial charge is 0.265 e. The largest absolute Gasteiger partial charge is 0.748 e. The van der Waals surface area contributed by atoms with Crippen LogP contribution in [-0.4, -0.2) is 159 Å². The number of hydrogen-bond acceptors (Lipinski definition) is 31. The number of fused-ring (bicyclic) bond motifs is 12. The van der Waals surface area contributed by atoms with Crippen molar-refractivity contribution in [2.24, 2.45) is 17.2 Å². The summed E-state index contributed by atoms with van der Waals surface area (Å²) < 4.78 is 231. The molecule has 6 heterocycles. The highest BCUT2D eigenvalue weighted by atomic mass is 35.5. The Hall–Kier alpha value is -7.54. The van der Waals surface area contributed by atoms with E-state index in [4.69, 9.17) is 33.5 Å². The summed E-state index contributed by atoms with van der Waals surface area (Å²) in [6, 6.07) is 51.4. The van der Waals surface area contributed by atoms with E-state index in [2.05, 4.69) is 41.5 Å². The van der Waals surface area contributed by atoms with Crippen molar-refractivity contribution >= 4 is 240 Å². The Morgan fingerprint density at radius 1 is 0.360 bits per heavy atom. The Morgan fingerprint density at radius 2 is 0.625 bits per heavy atom. The number of aromatic nitrogens is 3. The molecule has 42 heteroatoms. The van der Waals surface area contributed by atoms with Gasteiger partial charge in [-0.05, 0) is 140 Å². The Morgan fingerprint density at radius 3 is 0.912 bits per heavy atom. The molecule has 3 aliphatic heterocycles. The fourth-order valence-electron chi connectivity index (χ4n) is 13.7. The van der Waals surface area contributed by atoms with Gasteiger partial charge in [0.15, 0.2) is 19.6 Å². The number of anilines is 3. The van der Waals surface area contributed by atoms with E-state index >= 15 is 0 Å². The Kier molecular flexibility index (Phi) is 47.2. The molecule has 3 aliphatic rings. The molecule has 0 spiro atoms. The molecule has 28 nitrogen and oxygen atoms in total. The number of aryl methyl sites for hydroxylation is 3. The van der Waals surface area contributed by atoms with Crippen molar-refractivity contribution in [1.82, 2.24) is 0 Å². The minimum absolute atomic E-state index is 0.0676. The van der Waals surface area contributed by atoms with Crippen LogP contribution in [0.2, 0.25) is 5.02 Å². The molecule has 15 rings (SSSR count). The van der Waals surface area contributed by atoms with Crippen molar-refractivity contribution in [2.45, 2.75) is 174 Å². The molecule has 136 heavy (non-hydrogen) atoms. The SMILES string of the molecule is CCCC.CCCC.CCCC.CCN.CCN.CCN.COc1ccc2c(c1)N(CCCS(=O)(=O)[O-])/C(=C/c1sc3ccc4ccccc4c3[n+]1CCCS(=O)(=O)[O-])S2.O=S(=O)([O-])CCCN1/C(=C/c2sc3ccc4ccccc4c3[n+]2CCCS(=O)(=O)[O-])Sc2ccc(Cl)cc21.O=S(=O)([O-])CCCN1/C(=C/c2sc3ccc4ccccc4c3[n+]2CCCS(=O)(=O)[O-])Sc2ccc(F)cc21. The first kappa shape index (κ1) is 115. The van der Waals surface area contributed by atoms with Crippen molar-refractivity contribution in [3.63, 3.8) is 0 Å². The molecule has 9 aromatic carbocycles. The van der Waals surface area contributed by atoms with Crippen molar-refractivity contribution in [3.8, 4) is 5.75 Å². The van der Waals surface area contributed by atoms with Gasteiger partial charge in [-0.2, -0.15) is 13.7 Å². The Labute approximate surface area is 830 Å². The zero-order valence-corrected chi connectivity index (χ0v) is 88.3. The molecule has 0 amide bonds. The molecule has 0 fully saturated rings. The average Bonchev–Trinajstić information content (AvgIpc) is 1.61. The maximum atomic E-state index is 14.1. The first-order valence-corrected chi connectivity index (χ1v) is 59.2. The number of methoxy groups -OCH3 is 1. The topological polar surface area (TPSA) is 452 Å². The molecule has 0 saturated heterocycles. The van der Waals surface area contributed by atoms with E-state index in [1.54, 1.807) is 46.8 Å². The van der Waals surface area contributed by atoms with Crippen LogP contribution >= 0.6 is 80.9 Å². The summed E-state index contributed by atoms with van der Waals surface area (Å²) in [4.78, 5) is 8.42. The van der Waals surface area contributed by atoms with E-state index in [9.17, 15) is 82.2 Å². The third kappa shape index (κ3) is 36.2. The Bertz CT molecular complexity index is 6550. The molecule has 0 unspecified atom stereocenters. The van der Waals surface area contributed by atoms with Gasteiger partial charge in [-0.25, -0.2) is 54.9 Å². The summed E-state index contributed by atoms with van der Waals surface area (Å²) in [7, 11) is -24.6. The van der Waals surface area contributed by atoms with E-state index in [1.807, 2.05) is 202 Å². The van der Waals surface area contributed by atoms with Crippen molar-refractivity contribution in [1.29, 1.82) is 0 Å². The summed E-state index contributed by atoms with van der Waals surface area (Å²) in [6.07, 6.45) is 14.6. The minimum Gasteiger partial charge on any atom is -0.748 e. The third-order valence-electron chi connectivity index (χ3n) is 20.1. The molecule has 6 N–H and O–H groups in total. The highest BCUT2D eigenvalue weighted by Gasteiger charge is 2.34. The van der Waals surface area contributed by atoms with Gasteiger partial charge < -0.3 is 64.0 Å². The maximum absolute atomic E-state index is 14.1. The number of rotatable bonds is 31. The van der Waals surface area contributed by atoms with Gasteiger partial charge in [0, 0.05) is 99.2 Å². The van der Waals surface area contributed by atoms with Crippen LogP contribution in [0.1, 0.15) is 154 Å². The van der Waals surface area contributed by atoms with Gasteiger partial charge in [0.25, 0.3) is 15.0 Å². The fraction of sp³-hybridized carbons (Fsp3) is 0.394. The zero-order valence-electron chi connectivity index (χ0n) is 77.7. The van der Waals surface area contributed by atoms with Crippen LogP contribution in [0.4, 0.5) is 21.5 Å². The number of thioether (sulfide) groups is 3. The number of nitrogens with two attached hydrogens (primary N) is 3. The lowest BCUT2D eigenvalue weighted by Crippen LogP contribution is -2.36. The standard InChI is InChI=1S/C26H26N2O7S4.C25H23ClN2O6S4.C25H23FN2O6S4.3C4H10.3C2H7N/c1-35-19-9-11-22-21(16-19)27(12-4-14-38(29,30)31)24(36-22)17-25-28(13-5-15-39(32,33)34)26-20-7-3-2-6-18(20)8-10-23(26)37-25;2*26-18-8-10-21-20(15-18)27(11-3-13-37(29,30)31)23(35-21)16-24-28(12-4-14-38(32,33)34)25-19-6-2-1-5-17(19)7-9-22(25)36-24;3*1-3-4-2;3*1-2-3/h2-3,6-11,16-17H,4-5,12-15H2,1H3,(H-,29,30,31,32,33,34);2*1-2,5-10,15-16H,3-4,11-14H2,(H-,29,30,31,32,33,34);3*3-4H2,1-2H3;3*2-3H2,1H3/p-3. The van der Waals surface area contributed by atoms with Crippen molar-refractivity contribution in [3.05, 3.63) is 205 Å². The lowest BCUT2D eigenvalue weighted by Gasteiger charge is -2.21. The van der Waals surface area contributed by atoms with E-state index in [0.717, 1.165) is 139 Å². The second-order valence-corrected chi connectivity index (χ2v) is 46.8. The highest BCUT2D eigenvalue weighted by molar-refractivity contribution is 8.04. The lowest BCUT2D eigenvalue weighted by molar-refractivity contribution is -0.668. The minimum atomic E-state index is -4.40. The van der Waals surface area contributed by atoms with Gasteiger partial charge in [-0.1, -0.05) is 255 Å². The summed E-state index contributed by atoms with van der Waals surface area (Å²) in [5.41, 5.74) is 19.6. The number of nitrogens with zero attached hydrogens (tertiary/aromatic N) is 6. The molecule has 0 bridgehead atoms. The van der Waals surface area contributed by atoms with Gasteiger partial charge >= 0.3 is 0 Å². The predicted molar refractivity (Wildman–Crippen MR) is 554 cm³/mol. The second kappa shape index (κ2) is 55.6. The molecule has 744 valence electrons. The number of unbranched alkanes of at least 4 members (excludes halogenated alkanes) is 3. The van der Waals surface area contributed by atoms with Gasteiger partial charge in [-0.15, -0.1) is 0 Å². The van der Waals surface area contributed by atoms with Crippen molar-refractivity contribution < 1.29 is 101 Å². The fourth-order valence-corrected chi connectivity index (χ4v) is 23.7. The van der Waals surface area contributed by atoms with Crippen molar-refractivity contribution in [2.75, 3.05) is 95.6 Å². The Balaban J connectivity index is 0.000000251. The van der Waals surface area contributed by atoms with E-state index in [0.29, 0.717) is 42.6 Å². The monoisotopic (exact) mass is 2120 g/mol. The van der Waals surface area contributed by atoms with Crippen LogP contribution in [0.5, 0.6) is 5.75 Å². The van der Waals surface area contributed by atoms with Crippen LogP contribution in [0.3, 0.4) is 0 Å². The molecular formula is C94H120ClFN9O19S12-3. The number of ether oxygens (including phenoxy) is 1. The summed E-state index contributed by atoms with van der Waals surface area (Å²) >= 11 is 15.3. The number of benzene rings is 9. The zero-order chi connectivity index (χ0) is 100. The van der Waals surface area contributed by atoms with E-state index in [1.165, 1.54) is 97.3 Å². The highest BCUT2D eigenvalue weighted by Crippen LogP contribution is 2.51. The first-order chi connectivity index (χ1) is 64.5. The quantitative estimate of drug-likeness (QED) is 0.0268. The van der Waals surface area contributed by atoms with Gasteiger partial charge in [0.2, 0.25) is 16.6 Å². The van der Waals surface area contributed by atoms with Gasteiger partial charge in [-0.3, -0.25) is 0 Å². The van der Waals surface area contributed by atoms with E-state index in [-0.39, 0.29) is 51.6 Å². The molecule has 0 saturated carbocycles. The third-order valence-corrected chi connectivity index (χ3v) is 31.7.